The van der Waals surface area contributed by atoms with Crippen molar-refractivity contribution in [2.24, 2.45) is 11.7 Å². The van der Waals surface area contributed by atoms with E-state index in [1.165, 1.54) is 0 Å². The number of hydrogen-bond donors (Lipinski definition) is 1. The average Bonchev–Trinajstić information content (AvgIpc) is 2.92. The highest BCUT2D eigenvalue weighted by molar-refractivity contribution is 5.91. The topological polar surface area (TPSA) is 113 Å². The fraction of sp³-hybridized carbons (Fsp3) is 0.290. The Kier molecular flexibility index (Phi) is 8.62. The van der Waals surface area contributed by atoms with E-state index in [-0.39, 0.29) is 17.2 Å². The number of allylic oxidation sites excluding steroid dienone is 1. The van der Waals surface area contributed by atoms with Crippen LogP contribution in [0.15, 0.2) is 72.1 Å². The lowest BCUT2D eigenvalue weighted by atomic mass is 9.83. The molecule has 202 valence electrons. The normalized spacial score (nSPS) is 14.2. The third-order valence-corrected chi connectivity index (χ3v) is 6.28. The van der Waals surface area contributed by atoms with Crippen molar-refractivity contribution in [1.29, 1.82) is 5.26 Å². The molecule has 39 heavy (non-hydrogen) atoms. The van der Waals surface area contributed by atoms with Crippen molar-refractivity contribution in [3.63, 3.8) is 0 Å². The van der Waals surface area contributed by atoms with E-state index in [1.807, 2.05) is 25.1 Å². The highest BCUT2D eigenvalue weighted by Gasteiger charge is 2.32. The smallest absolute Gasteiger partial charge is 0.343 e. The first-order valence-corrected chi connectivity index (χ1v) is 12.8. The minimum absolute atomic E-state index is 0.0128. The van der Waals surface area contributed by atoms with E-state index < -0.39 is 11.9 Å². The van der Waals surface area contributed by atoms with Crippen molar-refractivity contribution in [2.75, 3.05) is 20.3 Å². The summed E-state index contributed by atoms with van der Waals surface area (Å²) >= 11 is 0. The van der Waals surface area contributed by atoms with Crippen LogP contribution in [-0.4, -0.2) is 26.3 Å². The van der Waals surface area contributed by atoms with Gasteiger partial charge in [0.25, 0.3) is 0 Å². The Balaban J connectivity index is 1.61. The molecule has 1 aliphatic heterocycles. The van der Waals surface area contributed by atoms with Gasteiger partial charge in [-0.3, -0.25) is 0 Å². The SMILES string of the molecule is CCOc1ccc(C(=O)Oc2ccc3c(c2)OC(N)=C(C#N)C3c2ccc(OCCC(C)C)c(OC)c2)cc1. The molecule has 0 aliphatic carbocycles. The number of hydrogen-bond acceptors (Lipinski definition) is 8. The summed E-state index contributed by atoms with van der Waals surface area (Å²) in [5.74, 6) is 2.01. The van der Waals surface area contributed by atoms with Crippen molar-refractivity contribution in [3.05, 3.63) is 88.8 Å². The number of carbonyl (C=O) groups excluding carboxylic acids is 1. The Morgan fingerprint density at radius 1 is 1.03 bits per heavy atom. The molecule has 0 aromatic heterocycles. The van der Waals surface area contributed by atoms with Gasteiger partial charge >= 0.3 is 5.97 Å². The zero-order chi connectivity index (χ0) is 27.9. The molecule has 0 spiro atoms. The lowest BCUT2D eigenvalue weighted by molar-refractivity contribution is 0.0734. The zero-order valence-corrected chi connectivity index (χ0v) is 22.5. The van der Waals surface area contributed by atoms with Crippen LogP contribution in [0.1, 0.15) is 54.6 Å². The molecule has 0 amide bonds. The monoisotopic (exact) mass is 528 g/mol. The van der Waals surface area contributed by atoms with E-state index in [4.69, 9.17) is 29.4 Å². The summed E-state index contributed by atoms with van der Waals surface area (Å²) in [5.41, 5.74) is 8.31. The number of benzene rings is 3. The minimum Gasteiger partial charge on any atom is -0.494 e. The van der Waals surface area contributed by atoms with E-state index in [9.17, 15) is 10.1 Å². The van der Waals surface area contributed by atoms with Crippen LogP contribution in [0, 0.1) is 17.2 Å². The molecule has 0 bridgehead atoms. The maximum atomic E-state index is 12.7. The number of nitriles is 1. The molecule has 2 N–H and O–H groups in total. The van der Waals surface area contributed by atoms with Gasteiger partial charge in [0.2, 0.25) is 5.88 Å². The number of carbonyl (C=O) groups is 1. The molecule has 1 atom stereocenters. The maximum absolute atomic E-state index is 12.7. The lowest BCUT2D eigenvalue weighted by Gasteiger charge is -2.27. The van der Waals surface area contributed by atoms with Gasteiger partial charge in [-0.15, -0.1) is 0 Å². The Labute approximate surface area is 228 Å². The molecular formula is C31H32N2O6. The van der Waals surface area contributed by atoms with Gasteiger partial charge in [0.15, 0.2) is 11.5 Å². The quantitative estimate of drug-likeness (QED) is 0.253. The molecule has 3 aromatic carbocycles. The minimum atomic E-state index is -0.524. The van der Waals surface area contributed by atoms with Gasteiger partial charge in [0.1, 0.15) is 28.9 Å². The third kappa shape index (κ3) is 6.27. The van der Waals surface area contributed by atoms with Gasteiger partial charge in [0, 0.05) is 11.6 Å². The highest BCUT2D eigenvalue weighted by Crippen LogP contribution is 2.45. The summed E-state index contributed by atoms with van der Waals surface area (Å²) < 4.78 is 28.3. The van der Waals surface area contributed by atoms with Crippen LogP contribution in [0.2, 0.25) is 0 Å². The first-order chi connectivity index (χ1) is 18.8. The third-order valence-electron chi connectivity index (χ3n) is 6.28. The Morgan fingerprint density at radius 2 is 1.77 bits per heavy atom. The van der Waals surface area contributed by atoms with Gasteiger partial charge in [-0.25, -0.2) is 4.79 Å². The second-order valence-corrected chi connectivity index (χ2v) is 9.41. The molecule has 1 unspecified atom stereocenters. The van der Waals surface area contributed by atoms with Crippen molar-refractivity contribution in [2.45, 2.75) is 33.1 Å². The van der Waals surface area contributed by atoms with Crippen LogP contribution in [0.25, 0.3) is 0 Å². The molecule has 0 radical (unpaired) electrons. The van der Waals surface area contributed by atoms with Crippen LogP contribution in [-0.2, 0) is 0 Å². The molecule has 0 saturated carbocycles. The average molecular weight is 529 g/mol. The number of nitrogens with two attached hydrogens (primary N) is 1. The van der Waals surface area contributed by atoms with Crippen molar-refractivity contribution < 1.29 is 28.5 Å². The molecule has 8 heteroatoms. The fourth-order valence-electron chi connectivity index (χ4n) is 4.25. The first-order valence-electron chi connectivity index (χ1n) is 12.8. The van der Waals surface area contributed by atoms with E-state index in [1.54, 1.807) is 49.6 Å². The van der Waals surface area contributed by atoms with E-state index >= 15 is 0 Å². The largest absolute Gasteiger partial charge is 0.494 e. The van der Waals surface area contributed by atoms with E-state index in [0.29, 0.717) is 53.3 Å². The Bertz CT molecular complexity index is 1410. The first kappa shape index (κ1) is 27.4. The summed E-state index contributed by atoms with van der Waals surface area (Å²) in [4.78, 5) is 12.7. The second-order valence-electron chi connectivity index (χ2n) is 9.41. The molecule has 4 rings (SSSR count). The van der Waals surface area contributed by atoms with Crippen molar-refractivity contribution in [3.8, 4) is 34.8 Å². The predicted molar refractivity (Wildman–Crippen MR) is 146 cm³/mol. The molecule has 3 aromatic rings. The van der Waals surface area contributed by atoms with Gasteiger partial charge in [0.05, 0.1) is 31.8 Å². The molecular weight excluding hydrogens is 496 g/mol. The molecule has 0 saturated heterocycles. The van der Waals surface area contributed by atoms with Gasteiger partial charge in [-0.05, 0) is 67.3 Å². The fourth-order valence-corrected chi connectivity index (χ4v) is 4.25. The maximum Gasteiger partial charge on any atom is 0.343 e. The highest BCUT2D eigenvalue weighted by atomic mass is 16.5. The van der Waals surface area contributed by atoms with Crippen molar-refractivity contribution in [1.82, 2.24) is 0 Å². The van der Waals surface area contributed by atoms with Crippen LogP contribution in [0.4, 0.5) is 0 Å². The standard InChI is InChI=1S/C31H32N2O6/c1-5-36-22-9-6-20(7-10-22)31(34)38-23-11-12-24-27(17-23)39-30(33)25(18-32)29(24)21-8-13-26(28(16-21)35-4)37-15-14-19(2)3/h6-13,16-17,19,29H,5,14-15,33H2,1-4H3. The summed E-state index contributed by atoms with van der Waals surface area (Å²) in [6.07, 6.45) is 0.918. The van der Waals surface area contributed by atoms with Gasteiger partial charge in [-0.2, -0.15) is 5.26 Å². The van der Waals surface area contributed by atoms with Gasteiger partial charge < -0.3 is 29.4 Å². The number of fused-ring (bicyclic) bond motifs is 1. The molecule has 8 nitrogen and oxygen atoms in total. The lowest BCUT2D eigenvalue weighted by Crippen LogP contribution is -2.21. The summed E-state index contributed by atoms with van der Waals surface area (Å²) in [7, 11) is 1.58. The molecule has 0 fully saturated rings. The van der Waals surface area contributed by atoms with Crippen molar-refractivity contribution >= 4 is 5.97 Å². The van der Waals surface area contributed by atoms with E-state index in [2.05, 4.69) is 19.9 Å². The summed E-state index contributed by atoms with van der Waals surface area (Å²) in [6.45, 7) is 7.27. The van der Waals surface area contributed by atoms with Crippen LogP contribution in [0.3, 0.4) is 0 Å². The van der Waals surface area contributed by atoms with Gasteiger partial charge in [-0.1, -0.05) is 26.0 Å². The molecule has 1 heterocycles. The predicted octanol–water partition coefficient (Wildman–Crippen LogP) is 5.96. The van der Waals surface area contributed by atoms with Crippen LogP contribution < -0.4 is 29.4 Å². The van der Waals surface area contributed by atoms with Crippen LogP contribution in [0.5, 0.6) is 28.7 Å². The Morgan fingerprint density at radius 3 is 2.44 bits per heavy atom. The zero-order valence-electron chi connectivity index (χ0n) is 22.5. The summed E-state index contributed by atoms with van der Waals surface area (Å²) in [6, 6.07) is 19.5. The number of methoxy groups -OCH3 is 1. The second kappa shape index (κ2) is 12.3. The number of esters is 1. The number of ether oxygens (including phenoxy) is 5. The van der Waals surface area contributed by atoms with Crippen LogP contribution >= 0.6 is 0 Å². The summed E-state index contributed by atoms with van der Waals surface area (Å²) in [5, 5.41) is 9.92. The molecule has 1 aliphatic rings. The number of rotatable bonds is 10. The Hall–Kier alpha value is -4.64. The number of nitrogens with zero attached hydrogens (tertiary/aromatic N) is 1. The van der Waals surface area contributed by atoms with E-state index in [0.717, 1.165) is 12.0 Å².